The molecular formula is C27H27FN2O5. The molecule has 0 aromatic heterocycles. The molecule has 1 amide bonds. The van der Waals surface area contributed by atoms with E-state index in [-0.39, 0.29) is 17.9 Å². The summed E-state index contributed by atoms with van der Waals surface area (Å²) in [4.78, 5) is 30.6. The second-order valence-electron chi connectivity index (χ2n) is 7.53. The Morgan fingerprint density at radius 1 is 1.00 bits per heavy atom. The fourth-order valence-corrected chi connectivity index (χ4v) is 3.23. The maximum Gasteiger partial charge on any atom is 0.303 e. The van der Waals surface area contributed by atoms with Crippen molar-refractivity contribution in [3.63, 3.8) is 0 Å². The number of nitrogens with one attached hydrogen (secondary N) is 1. The van der Waals surface area contributed by atoms with Crippen molar-refractivity contribution >= 4 is 23.6 Å². The molecule has 0 saturated heterocycles. The number of non-ortho nitro benzene ring substituents is 1. The molecule has 35 heavy (non-hydrogen) atoms. The fraction of sp³-hybridized carbons (Fsp3) is 0.185. The van der Waals surface area contributed by atoms with Crippen LogP contribution in [-0.4, -0.2) is 29.0 Å². The lowest BCUT2D eigenvalue weighted by atomic mass is 9.95. The smallest absolute Gasteiger partial charge is 0.303 e. The minimum atomic E-state index is -0.820. The van der Waals surface area contributed by atoms with Gasteiger partial charge in [-0.15, -0.1) is 0 Å². The average molecular weight is 479 g/mol. The van der Waals surface area contributed by atoms with Gasteiger partial charge in [0.15, 0.2) is 0 Å². The van der Waals surface area contributed by atoms with Gasteiger partial charge in [-0.3, -0.25) is 19.7 Å². The number of carbonyl (C=O) groups excluding carboxylic acids is 1. The maximum atomic E-state index is 13.6. The molecule has 0 fully saturated rings. The Balaban J connectivity index is 0.000000402. The molecule has 2 N–H and O–H groups in total. The van der Waals surface area contributed by atoms with Crippen LogP contribution in [0.5, 0.6) is 0 Å². The zero-order valence-electron chi connectivity index (χ0n) is 19.1. The van der Waals surface area contributed by atoms with Crippen LogP contribution in [0.3, 0.4) is 0 Å². The molecule has 0 radical (unpaired) electrons. The van der Waals surface area contributed by atoms with Crippen molar-refractivity contribution in [1.82, 2.24) is 5.32 Å². The highest BCUT2D eigenvalue weighted by molar-refractivity contribution is 5.80. The largest absolute Gasteiger partial charge is 0.481 e. The van der Waals surface area contributed by atoms with Gasteiger partial charge in [-0.2, -0.15) is 0 Å². The quantitative estimate of drug-likeness (QED) is 0.166. The standard InChI is InChI=1S/C21H22FNO3.C6H5NO2/c22-19-5-3-4-18(14-19)20(6-1-2-7-21(25)26)17-10-8-16(9-11-17)12-13-23-15-24;8-7(9)6-4-2-1-3-5-6/h3-6,8-11,14-15H,1-2,7,12-13H2,(H,23,24)(H,25,26);1-5H/b20-6+;. The van der Waals surface area contributed by atoms with E-state index in [1.165, 1.54) is 24.3 Å². The highest BCUT2D eigenvalue weighted by Gasteiger charge is 2.07. The zero-order chi connectivity index (χ0) is 25.5. The molecular weight excluding hydrogens is 451 g/mol. The van der Waals surface area contributed by atoms with Crippen molar-refractivity contribution in [1.29, 1.82) is 0 Å². The van der Waals surface area contributed by atoms with Gasteiger partial charge in [-0.25, -0.2) is 4.39 Å². The molecule has 0 aliphatic rings. The number of allylic oxidation sites excluding steroid dienone is 1. The Morgan fingerprint density at radius 2 is 1.71 bits per heavy atom. The molecule has 0 unspecified atom stereocenters. The first kappa shape index (κ1) is 26.9. The van der Waals surface area contributed by atoms with Crippen molar-refractivity contribution in [2.75, 3.05) is 6.54 Å². The predicted molar refractivity (Wildman–Crippen MR) is 132 cm³/mol. The Kier molecular flexibility index (Phi) is 11.3. The molecule has 182 valence electrons. The van der Waals surface area contributed by atoms with Crippen molar-refractivity contribution < 1.29 is 24.0 Å². The number of halogens is 1. The number of nitro groups is 1. The van der Waals surface area contributed by atoms with Gasteiger partial charge < -0.3 is 10.4 Å². The minimum Gasteiger partial charge on any atom is -0.481 e. The summed E-state index contributed by atoms with van der Waals surface area (Å²) in [6.07, 6.45) is 4.61. The lowest BCUT2D eigenvalue weighted by Crippen LogP contribution is -2.14. The first-order chi connectivity index (χ1) is 16.9. The molecule has 0 aliphatic heterocycles. The lowest BCUT2D eigenvalue weighted by molar-refractivity contribution is -0.384. The number of unbranched alkanes of at least 4 members (excludes halogenated alkanes) is 1. The van der Waals surface area contributed by atoms with Crippen LogP contribution >= 0.6 is 0 Å². The first-order valence-electron chi connectivity index (χ1n) is 11.0. The number of carboxylic acid groups (broad SMARTS) is 1. The van der Waals surface area contributed by atoms with Crippen LogP contribution < -0.4 is 5.32 Å². The van der Waals surface area contributed by atoms with Crippen molar-refractivity contribution in [3.05, 3.63) is 118 Å². The van der Waals surface area contributed by atoms with Gasteiger partial charge in [0.1, 0.15) is 5.82 Å². The fourth-order valence-electron chi connectivity index (χ4n) is 3.23. The highest BCUT2D eigenvalue weighted by Crippen LogP contribution is 2.25. The number of rotatable bonds is 11. The molecule has 3 rings (SSSR count). The summed E-state index contributed by atoms with van der Waals surface area (Å²) in [5, 5.41) is 21.4. The Hall–Kier alpha value is -4.33. The third-order valence-corrected chi connectivity index (χ3v) is 4.95. The van der Waals surface area contributed by atoms with E-state index in [9.17, 15) is 24.1 Å². The topological polar surface area (TPSA) is 110 Å². The third kappa shape index (κ3) is 10.00. The Labute approximate surface area is 203 Å². The van der Waals surface area contributed by atoms with Gasteiger partial charge in [0.05, 0.1) is 4.92 Å². The van der Waals surface area contributed by atoms with Crippen LogP contribution in [-0.2, 0) is 16.0 Å². The van der Waals surface area contributed by atoms with E-state index in [0.717, 1.165) is 28.7 Å². The van der Waals surface area contributed by atoms with Crippen LogP contribution in [0.2, 0.25) is 0 Å². The molecule has 3 aromatic rings. The molecule has 8 heteroatoms. The van der Waals surface area contributed by atoms with Crippen LogP contribution in [0, 0.1) is 15.9 Å². The van der Waals surface area contributed by atoms with Crippen LogP contribution in [0.25, 0.3) is 5.57 Å². The van der Waals surface area contributed by atoms with Crippen LogP contribution in [0.1, 0.15) is 36.0 Å². The molecule has 7 nitrogen and oxygen atoms in total. The SMILES string of the molecule is O=CNCCc1ccc(/C(=C\CCCC(=O)O)c2cccc(F)c2)cc1.O=[N+]([O-])c1ccccc1. The van der Waals surface area contributed by atoms with Gasteiger partial charge in [-0.05, 0) is 53.7 Å². The summed E-state index contributed by atoms with van der Waals surface area (Å²) >= 11 is 0. The number of carboxylic acids is 1. The summed E-state index contributed by atoms with van der Waals surface area (Å²) in [5.74, 6) is -1.13. The van der Waals surface area contributed by atoms with Gasteiger partial charge in [-0.1, -0.05) is 60.7 Å². The number of hydrogen-bond acceptors (Lipinski definition) is 4. The first-order valence-corrected chi connectivity index (χ1v) is 11.0. The number of carbonyl (C=O) groups is 2. The number of aliphatic carboxylic acids is 1. The maximum absolute atomic E-state index is 13.6. The minimum absolute atomic E-state index is 0.107. The number of para-hydroxylation sites is 1. The van der Waals surface area contributed by atoms with Gasteiger partial charge >= 0.3 is 5.97 Å². The summed E-state index contributed by atoms with van der Waals surface area (Å²) < 4.78 is 13.6. The number of benzene rings is 3. The second-order valence-corrected chi connectivity index (χ2v) is 7.53. The van der Waals surface area contributed by atoms with E-state index in [1.54, 1.807) is 24.3 Å². The predicted octanol–water partition coefficient (Wildman–Crippen LogP) is 5.40. The van der Waals surface area contributed by atoms with E-state index in [4.69, 9.17) is 5.11 Å². The normalized spacial score (nSPS) is 10.6. The van der Waals surface area contributed by atoms with Crippen LogP contribution in [0.4, 0.5) is 10.1 Å². The van der Waals surface area contributed by atoms with Crippen LogP contribution in [0.15, 0.2) is 84.9 Å². The number of nitrogens with zero attached hydrogens (tertiary/aromatic N) is 1. The summed E-state index contributed by atoms with van der Waals surface area (Å²) in [6.45, 7) is 0.574. The summed E-state index contributed by atoms with van der Waals surface area (Å²) in [7, 11) is 0. The van der Waals surface area contributed by atoms with Crippen molar-refractivity contribution in [2.45, 2.75) is 25.7 Å². The van der Waals surface area contributed by atoms with Gasteiger partial charge in [0.2, 0.25) is 6.41 Å². The zero-order valence-corrected chi connectivity index (χ0v) is 19.1. The van der Waals surface area contributed by atoms with E-state index < -0.39 is 10.9 Å². The Bertz CT molecular complexity index is 1130. The molecule has 0 aliphatic carbocycles. The van der Waals surface area contributed by atoms with E-state index >= 15 is 0 Å². The van der Waals surface area contributed by atoms with Gasteiger partial charge in [0.25, 0.3) is 5.69 Å². The second kappa shape index (κ2) is 14.7. The van der Waals surface area contributed by atoms with Gasteiger partial charge in [0, 0.05) is 25.1 Å². The van der Waals surface area contributed by atoms with Crippen molar-refractivity contribution in [3.8, 4) is 0 Å². The molecule has 0 heterocycles. The van der Waals surface area contributed by atoms with E-state index in [2.05, 4.69) is 5.32 Å². The number of hydrogen-bond donors (Lipinski definition) is 2. The third-order valence-electron chi connectivity index (χ3n) is 4.95. The van der Waals surface area contributed by atoms with E-state index in [0.29, 0.717) is 25.8 Å². The average Bonchev–Trinajstić information content (AvgIpc) is 2.85. The number of amides is 1. The lowest BCUT2D eigenvalue weighted by Gasteiger charge is -2.10. The monoisotopic (exact) mass is 478 g/mol. The molecule has 0 bridgehead atoms. The highest BCUT2D eigenvalue weighted by atomic mass is 19.1. The molecule has 0 atom stereocenters. The molecule has 0 saturated carbocycles. The molecule has 0 spiro atoms. The van der Waals surface area contributed by atoms with E-state index in [1.807, 2.05) is 36.4 Å². The Morgan fingerprint density at radius 3 is 2.29 bits per heavy atom. The van der Waals surface area contributed by atoms with Crippen molar-refractivity contribution in [2.24, 2.45) is 0 Å². The number of nitro benzene ring substituents is 1. The summed E-state index contributed by atoms with van der Waals surface area (Å²) in [5.41, 5.74) is 3.81. The molecule has 3 aromatic carbocycles. The summed E-state index contributed by atoms with van der Waals surface area (Å²) in [6, 6.07) is 22.2.